The molecule has 24 heavy (non-hydrogen) atoms. The third-order valence-corrected chi connectivity index (χ3v) is 4.41. The molecule has 0 spiro atoms. The van der Waals surface area contributed by atoms with Gasteiger partial charge in [0.05, 0.1) is 0 Å². The van der Waals surface area contributed by atoms with Gasteiger partial charge in [-0.3, -0.25) is 9.79 Å². The Hall–Kier alpha value is -1.21. The third kappa shape index (κ3) is 9.17. The predicted octanol–water partition coefficient (Wildman–Crippen LogP) is 2.88. The maximum absolute atomic E-state index is 12.0. The Balaban J connectivity index is 2.27. The fraction of sp³-hybridized carbons (Fsp3) is 0.529. The lowest BCUT2D eigenvalue weighted by Crippen LogP contribution is -2.41. The lowest BCUT2D eigenvalue weighted by Gasteiger charge is -2.12. The Bertz CT molecular complexity index is 508. The molecule has 0 aliphatic carbocycles. The molecule has 0 aromatic heterocycles. The summed E-state index contributed by atoms with van der Waals surface area (Å²) in [6.45, 7) is 4.87. The zero-order chi connectivity index (χ0) is 17.6. The largest absolute Gasteiger partial charge is 0.357 e. The summed E-state index contributed by atoms with van der Waals surface area (Å²) in [5.41, 5.74) is 0.660. The molecule has 1 amide bonds. The van der Waals surface area contributed by atoms with Gasteiger partial charge in [-0.05, 0) is 56.0 Å². The van der Waals surface area contributed by atoms with Gasteiger partial charge in [0.2, 0.25) is 0 Å². The van der Waals surface area contributed by atoms with E-state index >= 15 is 0 Å². The van der Waals surface area contributed by atoms with Crippen LogP contribution in [0.4, 0.5) is 0 Å². The topological polar surface area (TPSA) is 65.5 Å². The van der Waals surface area contributed by atoms with Crippen LogP contribution in [0.2, 0.25) is 0 Å². The second-order valence-electron chi connectivity index (χ2n) is 5.15. The number of unbranched alkanes of at least 4 members (excludes halogenated alkanes) is 1. The summed E-state index contributed by atoms with van der Waals surface area (Å²) in [6.07, 6.45) is 4.41. The van der Waals surface area contributed by atoms with Gasteiger partial charge in [0.1, 0.15) is 0 Å². The molecule has 3 N–H and O–H groups in total. The molecule has 1 aromatic rings. The maximum Gasteiger partial charge on any atom is 0.251 e. The first-order valence-electron chi connectivity index (χ1n) is 8.22. The predicted molar refractivity (Wildman–Crippen MR) is 108 cm³/mol. The molecule has 1 aromatic carbocycles. The molecule has 0 saturated carbocycles. The van der Waals surface area contributed by atoms with E-state index in [2.05, 4.69) is 43.1 Å². The number of nitrogens with zero attached hydrogens (tertiary/aromatic N) is 1. The van der Waals surface area contributed by atoms with Crippen LogP contribution >= 0.6 is 27.7 Å². The van der Waals surface area contributed by atoms with Crippen LogP contribution in [-0.4, -0.2) is 50.1 Å². The fourth-order valence-corrected chi connectivity index (χ4v) is 2.71. The van der Waals surface area contributed by atoms with E-state index in [1.807, 2.05) is 30.8 Å². The number of amides is 1. The summed E-state index contributed by atoms with van der Waals surface area (Å²) < 4.78 is 0.963. The SMILES string of the molecule is CCNC(=NCCCCSC)NCCNC(=O)c1ccc(Br)cc1. The van der Waals surface area contributed by atoms with Crippen molar-refractivity contribution in [2.45, 2.75) is 19.8 Å². The highest BCUT2D eigenvalue weighted by molar-refractivity contribution is 9.10. The Morgan fingerprint density at radius 3 is 2.50 bits per heavy atom. The van der Waals surface area contributed by atoms with Crippen LogP contribution in [0.1, 0.15) is 30.1 Å². The molecule has 0 fully saturated rings. The van der Waals surface area contributed by atoms with Crippen LogP contribution in [0.25, 0.3) is 0 Å². The van der Waals surface area contributed by atoms with Gasteiger partial charge < -0.3 is 16.0 Å². The lowest BCUT2D eigenvalue weighted by atomic mass is 10.2. The molecule has 134 valence electrons. The molecule has 0 heterocycles. The Kier molecular flexibility index (Phi) is 11.4. The second kappa shape index (κ2) is 13.1. The number of carbonyl (C=O) groups excluding carboxylic acids is 1. The molecule has 5 nitrogen and oxygen atoms in total. The summed E-state index contributed by atoms with van der Waals surface area (Å²) in [6, 6.07) is 7.32. The van der Waals surface area contributed by atoms with Gasteiger partial charge in [0.25, 0.3) is 5.91 Å². The highest BCUT2D eigenvalue weighted by Gasteiger charge is 2.04. The summed E-state index contributed by atoms with van der Waals surface area (Å²) in [7, 11) is 0. The molecule has 0 aliphatic rings. The van der Waals surface area contributed by atoms with Crippen LogP contribution in [0.3, 0.4) is 0 Å². The second-order valence-corrected chi connectivity index (χ2v) is 7.05. The van der Waals surface area contributed by atoms with Crippen molar-refractivity contribution in [2.75, 3.05) is 38.2 Å². The molecular weight excluding hydrogens is 388 g/mol. The van der Waals surface area contributed by atoms with Gasteiger partial charge >= 0.3 is 0 Å². The first-order valence-corrected chi connectivity index (χ1v) is 10.4. The normalized spacial score (nSPS) is 11.2. The standard InChI is InChI=1S/C17H27BrN4OS/c1-3-19-17(21-10-4-5-13-24-2)22-12-11-20-16(23)14-6-8-15(18)9-7-14/h6-9H,3-5,10-13H2,1-2H3,(H,20,23)(H2,19,21,22). The number of halogens is 1. The third-order valence-electron chi connectivity index (χ3n) is 3.18. The lowest BCUT2D eigenvalue weighted by molar-refractivity contribution is 0.0954. The smallest absolute Gasteiger partial charge is 0.251 e. The minimum atomic E-state index is -0.0664. The van der Waals surface area contributed by atoms with Crippen molar-refractivity contribution in [1.82, 2.24) is 16.0 Å². The van der Waals surface area contributed by atoms with Crippen LogP contribution in [-0.2, 0) is 0 Å². The number of benzene rings is 1. The van der Waals surface area contributed by atoms with E-state index in [0.29, 0.717) is 18.7 Å². The number of rotatable bonds is 10. The average Bonchev–Trinajstić information content (AvgIpc) is 2.58. The number of hydrogen-bond donors (Lipinski definition) is 3. The van der Waals surface area contributed by atoms with Crippen molar-refractivity contribution in [1.29, 1.82) is 0 Å². The molecule has 0 unspecified atom stereocenters. The molecule has 0 bridgehead atoms. The number of nitrogens with one attached hydrogen (secondary N) is 3. The van der Waals surface area contributed by atoms with Gasteiger partial charge in [0, 0.05) is 36.2 Å². The summed E-state index contributed by atoms with van der Waals surface area (Å²) >= 11 is 5.23. The van der Waals surface area contributed by atoms with Gasteiger partial charge in [-0.25, -0.2) is 0 Å². The van der Waals surface area contributed by atoms with E-state index in [4.69, 9.17) is 0 Å². The van der Waals surface area contributed by atoms with Crippen molar-refractivity contribution in [2.24, 2.45) is 4.99 Å². The number of guanidine groups is 1. The Morgan fingerprint density at radius 1 is 1.12 bits per heavy atom. The van der Waals surface area contributed by atoms with Gasteiger partial charge in [0.15, 0.2) is 5.96 Å². The number of carbonyl (C=O) groups is 1. The Labute approximate surface area is 157 Å². The zero-order valence-corrected chi connectivity index (χ0v) is 16.8. The maximum atomic E-state index is 12.0. The first-order chi connectivity index (χ1) is 11.7. The van der Waals surface area contributed by atoms with Crippen molar-refractivity contribution in [3.63, 3.8) is 0 Å². The molecule has 0 saturated heterocycles. The number of hydrogen-bond acceptors (Lipinski definition) is 3. The summed E-state index contributed by atoms with van der Waals surface area (Å²) in [5.74, 6) is 1.92. The monoisotopic (exact) mass is 414 g/mol. The van der Waals surface area contributed by atoms with E-state index < -0.39 is 0 Å². The fourth-order valence-electron chi connectivity index (χ4n) is 1.95. The van der Waals surface area contributed by atoms with Crippen LogP contribution in [0.5, 0.6) is 0 Å². The van der Waals surface area contributed by atoms with E-state index in [1.54, 1.807) is 12.1 Å². The van der Waals surface area contributed by atoms with Crippen LogP contribution < -0.4 is 16.0 Å². The highest BCUT2D eigenvalue weighted by Crippen LogP contribution is 2.10. The minimum Gasteiger partial charge on any atom is -0.357 e. The van der Waals surface area contributed by atoms with Gasteiger partial charge in [-0.2, -0.15) is 11.8 Å². The zero-order valence-electron chi connectivity index (χ0n) is 14.4. The molecule has 7 heteroatoms. The number of aliphatic imine (C=N–C) groups is 1. The summed E-state index contributed by atoms with van der Waals surface area (Å²) in [4.78, 5) is 16.5. The van der Waals surface area contributed by atoms with Gasteiger partial charge in [-0.15, -0.1) is 0 Å². The van der Waals surface area contributed by atoms with Crippen LogP contribution in [0.15, 0.2) is 33.7 Å². The molecule has 0 aliphatic heterocycles. The van der Waals surface area contributed by atoms with Crippen molar-refractivity contribution < 1.29 is 4.79 Å². The van der Waals surface area contributed by atoms with E-state index in [-0.39, 0.29) is 5.91 Å². The van der Waals surface area contributed by atoms with E-state index in [0.717, 1.165) is 29.9 Å². The quantitative estimate of drug-likeness (QED) is 0.312. The van der Waals surface area contributed by atoms with E-state index in [9.17, 15) is 4.79 Å². The van der Waals surface area contributed by atoms with Gasteiger partial charge in [-0.1, -0.05) is 15.9 Å². The summed E-state index contributed by atoms with van der Waals surface area (Å²) in [5, 5.41) is 9.35. The Morgan fingerprint density at radius 2 is 1.83 bits per heavy atom. The van der Waals surface area contributed by atoms with Crippen molar-refractivity contribution >= 4 is 39.6 Å². The molecular formula is C17H27BrN4OS. The van der Waals surface area contributed by atoms with Crippen LogP contribution in [0, 0.1) is 0 Å². The highest BCUT2D eigenvalue weighted by atomic mass is 79.9. The van der Waals surface area contributed by atoms with E-state index in [1.165, 1.54) is 12.2 Å². The molecule has 0 radical (unpaired) electrons. The van der Waals surface area contributed by atoms with Crippen molar-refractivity contribution in [3.05, 3.63) is 34.3 Å². The minimum absolute atomic E-state index is 0.0664. The first kappa shape index (κ1) is 20.8. The van der Waals surface area contributed by atoms with Crippen molar-refractivity contribution in [3.8, 4) is 0 Å². The molecule has 1 rings (SSSR count). The molecule has 0 atom stereocenters. The number of thioether (sulfide) groups is 1. The average molecular weight is 415 g/mol.